The summed E-state index contributed by atoms with van der Waals surface area (Å²) >= 11 is 0. The first-order chi connectivity index (χ1) is 10.2. The van der Waals surface area contributed by atoms with Gasteiger partial charge in [0, 0.05) is 19.0 Å². The van der Waals surface area contributed by atoms with Gasteiger partial charge in [0.05, 0.1) is 11.4 Å². The zero-order valence-electron chi connectivity index (χ0n) is 12.6. The van der Waals surface area contributed by atoms with Crippen molar-refractivity contribution in [2.75, 3.05) is 24.1 Å². The average molecular weight is 287 g/mol. The number of benzene rings is 1. The van der Waals surface area contributed by atoms with Crippen LogP contribution in [-0.4, -0.2) is 29.9 Å². The number of piperidine rings is 1. The van der Waals surface area contributed by atoms with E-state index in [2.05, 4.69) is 10.2 Å². The maximum Gasteiger partial charge on any atom is 0.225 e. The second-order valence-corrected chi connectivity index (χ2v) is 6.32. The molecular formula is C17H25N3O. The molecule has 3 N–H and O–H groups in total. The largest absolute Gasteiger partial charge is 0.397 e. The van der Waals surface area contributed by atoms with Gasteiger partial charge in [-0.1, -0.05) is 18.6 Å². The molecule has 1 amide bonds. The topological polar surface area (TPSA) is 58.4 Å². The number of carbonyl (C=O) groups excluding carboxylic acids is 1. The molecule has 0 aromatic heterocycles. The van der Waals surface area contributed by atoms with Crippen LogP contribution < -0.4 is 11.1 Å². The highest BCUT2D eigenvalue weighted by Crippen LogP contribution is 2.36. The third-order valence-electron chi connectivity index (χ3n) is 4.97. The normalized spacial score (nSPS) is 25.5. The standard InChI is InChI=1S/C17H25N3O/c18-14-7-1-2-8-15(14)19-17(21)10-12-20-11-4-6-13-5-3-9-16(13)20/h1-2,7-8,13,16H,3-6,9-12,18H2,(H,19,21). The number of rotatable bonds is 4. The lowest BCUT2D eigenvalue weighted by atomic mass is 9.92. The predicted molar refractivity (Wildman–Crippen MR) is 86.0 cm³/mol. The van der Waals surface area contributed by atoms with E-state index in [1.807, 2.05) is 24.3 Å². The zero-order chi connectivity index (χ0) is 14.7. The molecule has 1 aromatic carbocycles. The smallest absolute Gasteiger partial charge is 0.225 e. The minimum Gasteiger partial charge on any atom is -0.397 e. The highest BCUT2D eigenvalue weighted by atomic mass is 16.1. The molecule has 1 aliphatic carbocycles. The van der Waals surface area contributed by atoms with Gasteiger partial charge < -0.3 is 11.1 Å². The maximum absolute atomic E-state index is 12.1. The van der Waals surface area contributed by atoms with E-state index in [0.29, 0.717) is 12.1 Å². The van der Waals surface area contributed by atoms with Crippen LogP contribution in [0.4, 0.5) is 11.4 Å². The Morgan fingerprint density at radius 1 is 1.24 bits per heavy atom. The van der Waals surface area contributed by atoms with Crippen molar-refractivity contribution in [1.82, 2.24) is 4.90 Å². The van der Waals surface area contributed by atoms with Crippen LogP contribution in [0.15, 0.2) is 24.3 Å². The van der Waals surface area contributed by atoms with Crippen LogP contribution in [0, 0.1) is 5.92 Å². The van der Waals surface area contributed by atoms with Gasteiger partial charge >= 0.3 is 0 Å². The van der Waals surface area contributed by atoms with Crippen molar-refractivity contribution in [2.45, 2.75) is 44.6 Å². The Hall–Kier alpha value is -1.55. The van der Waals surface area contributed by atoms with Gasteiger partial charge in [-0.2, -0.15) is 0 Å². The van der Waals surface area contributed by atoms with Crippen LogP contribution in [0.3, 0.4) is 0 Å². The number of nitrogens with two attached hydrogens (primary N) is 1. The van der Waals surface area contributed by atoms with E-state index in [-0.39, 0.29) is 5.91 Å². The van der Waals surface area contributed by atoms with Crippen LogP contribution in [0.1, 0.15) is 38.5 Å². The molecule has 0 bridgehead atoms. The molecule has 0 spiro atoms. The summed E-state index contributed by atoms with van der Waals surface area (Å²) in [5.74, 6) is 0.944. The fourth-order valence-electron chi connectivity index (χ4n) is 3.90. The first-order valence-corrected chi connectivity index (χ1v) is 8.12. The summed E-state index contributed by atoms with van der Waals surface area (Å²) in [5, 5.41) is 2.92. The molecule has 2 aliphatic rings. The Kier molecular flexibility index (Phi) is 4.44. The van der Waals surface area contributed by atoms with Gasteiger partial charge in [0.15, 0.2) is 0 Å². The van der Waals surface area contributed by atoms with E-state index >= 15 is 0 Å². The molecule has 1 aliphatic heterocycles. The monoisotopic (exact) mass is 287 g/mol. The maximum atomic E-state index is 12.1. The number of hydrogen-bond acceptors (Lipinski definition) is 3. The summed E-state index contributed by atoms with van der Waals surface area (Å²) in [6.45, 7) is 2.03. The molecule has 21 heavy (non-hydrogen) atoms. The molecule has 1 saturated carbocycles. The average Bonchev–Trinajstić information content (AvgIpc) is 2.96. The van der Waals surface area contributed by atoms with Crippen molar-refractivity contribution >= 4 is 17.3 Å². The van der Waals surface area contributed by atoms with Crippen molar-refractivity contribution in [3.05, 3.63) is 24.3 Å². The molecule has 2 unspecified atom stereocenters. The number of likely N-dealkylation sites (tertiary alicyclic amines) is 1. The lowest BCUT2D eigenvalue weighted by Crippen LogP contribution is -2.43. The van der Waals surface area contributed by atoms with E-state index in [1.54, 1.807) is 0 Å². The van der Waals surface area contributed by atoms with E-state index in [4.69, 9.17) is 5.73 Å². The molecule has 1 saturated heterocycles. The van der Waals surface area contributed by atoms with Crippen molar-refractivity contribution < 1.29 is 4.79 Å². The number of nitrogens with one attached hydrogen (secondary N) is 1. The Morgan fingerprint density at radius 3 is 2.90 bits per heavy atom. The number of para-hydroxylation sites is 2. The van der Waals surface area contributed by atoms with Gasteiger partial charge in [-0.3, -0.25) is 9.69 Å². The highest BCUT2D eigenvalue weighted by molar-refractivity contribution is 5.93. The first-order valence-electron chi connectivity index (χ1n) is 8.12. The number of amides is 1. The third-order valence-corrected chi connectivity index (χ3v) is 4.97. The van der Waals surface area contributed by atoms with E-state index in [0.717, 1.165) is 30.7 Å². The summed E-state index contributed by atoms with van der Waals surface area (Å²) in [6, 6.07) is 8.15. The number of nitrogen functional groups attached to an aromatic ring is 1. The van der Waals surface area contributed by atoms with E-state index < -0.39 is 0 Å². The summed E-state index contributed by atoms with van der Waals surface area (Å²) in [5.41, 5.74) is 7.20. The Morgan fingerprint density at radius 2 is 2.05 bits per heavy atom. The molecular weight excluding hydrogens is 262 g/mol. The van der Waals surface area contributed by atoms with Crippen LogP contribution in [0.5, 0.6) is 0 Å². The zero-order valence-corrected chi connectivity index (χ0v) is 12.6. The molecule has 4 heteroatoms. The van der Waals surface area contributed by atoms with Crippen LogP contribution in [0.25, 0.3) is 0 Å². The highest BCUT2D eigenvalue weighted by Gasteiger charge is 2.34. The van der Waals surface area contributed by atoms with Crippen LogP contribution in [-0.2, 0) is 4.79 Å². The summed E-state index contributed by atoms with van der Waals surface area (Å²) in [4.78, 5) is 14.6. The number of nitrogens with zero attached hydrogens (tertiary/aromatic N) is 1. The van der Waals surface area contributed by atoms with E-state index in [1.165, 1.54) is 32.1 Å². The van der Waals surface area contributed by atoms with E-state index in [9.17, 15) is 4.79 Å². The molecule has 2 atom stereocenters. The van der Waals surface area contributed by atoms with Gasteiger partial charge in [0.2, 0.25) is 5.91 Å². The fraction of sp³-hybridized carbons (Fsp3) is 0.588. The quantitative estimate of drug-likeness (QED) is 0.837. The predicted octanol–water partition coefficient (Wildman–Crippen LogP) is 2.86. The molecule has 2 fully saturated rings. The molecule has 1 aromatic rings. The summed E-state index contributed by atoms with van der Waals surface area (Å²) in [6.07, 6.45) is 7.28. The SMILES string of the molecule is Nc1ccccc1NC(=O)CCN1CCCC2CCCC21. The number of fused-ring (bicyclic) bond motifs is 1. The Bertz CT molecular complexity index is 503. The lowest BCUT2D eigenvalue weighted by Gasteiger charge is -2.37. The molecule has 1 heterocycles. The van der Waals surface area contributed by atoms with Crippen molar-refractivity contribution in [3.8, 4) is 0 Å². The third kappa shape index (κ3) is 3.38. The minimum atomic E-state index is 0.0630. The van der Waals surface area contributed by atoms with Gasteiger partial charge in [0.1, 0.15) is 0 Å². The lowest BCUT2D eigenvalue weighted by molar-refractivity contribution is -0.116. The van der Waals surface area contributed by atoms with Gasteiger partial charge in [-0.25, -0.2) is 0 Å². The molecule has 3 rings (SSSR count). The number of anilines is 2. The fourth-order valence-corrected chi connectivity index (χ4v) is 3.90. The minimum absolute atomic E-state index is 0.0630. The van der Waals surface area contributed by atoms with Crippen molar-refractivity contribution in [1.29, 1.82) is 0 Å². The van der Waals surface area contributed by atoms with Crippen molar-refractivity contribution in [3.63, 3.8) is 0 Å². The Balaban J connectivity index is 1.50. The van der Waals surface area contributed by atoms with Crippen molar-refractivity contribution in [2.24, 2.45) is 5.92 Å². The van der Waals surface area contributed by atoms with Gasteiger partial charge in [0.25, 0.3) is 0 Å². The molecule has 114 valence electrons. The van der Waals surface area contributed by atoms with Crippen LogP contribution in [0.2, 0.25) is 0 Å². The number of hydrogen-bond donors (Lipinski definition) is 2. The molecule has 0 radical (unpaired) electrons. The van der Waals surface area contributed by atoms with Gasteiger partial charge in [-0.15, -0.1) is 0 Å². The first kappa shape index (κ1) is 14.4. The second-order valence-electron chi connectivity index (χ2n) is 6.32. The van der Waals surface area contributed by atoms with Gasteiger partial charge in [-0.05, 0) is 50.3 Å². The van der Waals surface area contributed by atoms with Crippen LogP contribution >= 0.6 is 0 Å². The molecule has 4 nitrogen and oxygen atoms in total. The summed E-state index contributed by atoms with van der Waals surface area (Å²) in [7, 11) is 0. The second kappa shape index (κ2) is 6.48. The Labute approximate surface area is 126 Å². The summed E-state index contributed by atoms with van der Waals surface area (Å²) < 4.78 is 0. The number of carbonyl (C=O) groups is 1.